The van der Waals surface area contributed by atoms with Crippen LogP contribution in [-0.2, 0) is 20.6 Å². The van der Waals surface area contributed by atoms with Crippen LogP contribution in [0.25, 0.3) is 0 Å². The topological polar surface area (TPSA) is 83.3 Å². The van der Waals surface area contributed by atoms with Crippen molar-refractivity contribution in [1.29, 1.82) is 0 Å². The molecule has 0 radical (unpaired) electrons. The molecule has 1 saturated heterocycles. The molecule has 1 aromatic rings. The molecule has 1 fully saturated rings. The van der Waals surface area contributed by atoms with Gasteiger partial charge < -0.3 is 29.6 Å². The average molecular weight is 441 g/mol. The lowest BCUT2D eigenvalue weighted by Gasteiger charge is -2.32. The molecule has 7 nitrogen and oxygen atoms in total. The third-order valence-corrected chi connectivity index (χ3v) is 6.72. The number of benzene rings is 1. The first-order valence-corrected chi connectivity index (χ1v) is 13.3. The molecule has 0 unspecified atom stereocenters. The lowest BCUT2D eigenvalue weighted by atomic mass is 9.94. The number of fused-ring (bicyclic) bond motifs is 1. The predicted molar refractivity (Wildman–Crippen MR) is 122 cm³/mol. The SMILES string of the molecule is CN(CC1OCC(c2cc3c(cc2N)CC(C)(C)O3)CO1)C(=O)OCCS(C)(C)C. The molecule has 0 saturated carbocycles. The van der Waals surface area contributed by atoms with Crippen LogP contribution in [0, 0.1) is 0 Å². The van der Waals surface area contributed by atoms with Gasteiger partial charge in [0.1, 0.15) is 18.0 Å². The van der Waals surface area contributed by atoms with Crippen LogP contribution in [0.3, 0.4) is 0 Å². The van der Waals surface area contributed by atoms with Gasteiger partial charge in [0.05, 0.1) is 19.8 Å². The van der Waals surface area contributed by atoms with Crippen molar-refractivity contribution in [2.24, 2.45) is 0 Å². The molecular formula is C22H36N2O5S. The summed E-state index contributed by atoms with van der Waals surface area (Å²) in [6, 6.07) is 4.03. The number of likely N-dealkylation sites (N-methyl/N-ethyl adjacent to an activating group) is 1. The van der Waals surface area contributed by atoms with E-state index >= 15 is 0 Å². The number of nitrogens with zero attached hydrogens (tertiary/aromatic N) is 1. The minimum Gasteiger partial charge on any atom is -0.487 e. The average Bonchev–Trinajstić information content (AvgIpc) is 2.93. The van der Waals surface area contributed by atoms with Crippen LogP contribution in [0.15, 0.2) is 12.1 Å². The summed E-state index contributed by atoms with van der Waals surface area (Å²) in [7, 11) is 1.01. The van der Waals surface area contributed by atoms with Gasteiger partial charge in [0.2, 0.25) is 0 Å². The van der Waals surface area contributed by atoms with Crippen molar-refractivity contribution in [3.63, 3.8) is 0 Å². The van der Waals surface area contributed by atoms with E-state index in [-0.39, 0.29) is 17.6 Å². The monoisotopic (exact) mass is 440 g/mol. The minimum absolute atomic E-state index is 0.0332. The molecule has 1 amide bonds. The summed E-state index contributed by atoms with van der Waals surface area (Å²) in [6.07, 6.45) is 6.63. The largest absolute Gasteiger partial charge is 0.487 e. The summed E-state index contributed by atoms with van der Waals surface area (Å²) >= 11 is 0. The highest BCUT2D eigenvalue weighted by atomic mass is 32.3. The number of carbonyl (C=O) groups excluding carboxylic acids is 1. The molecule has 3 rings (SSSR count). The molecule has 0 spiro atoms. The zero-order valence-corrected chi connectivity index (χ0v) is 19.8. The fourth-order valence-electron chi connectivity index (χ4n) is 3.65. The number of nitrogen functional groups attached to an aromatic ring is 1. The predicted octanol–water partition coefficient (Wildman–Crippen LogP) is 3.20. The summed E-state index contributed by atoms with van der Waals surface area (Å²) in [5.41, 5.74) is 8.98. The number of anilines is 1. The zero-order valence-electron chi connectivity index (χ0n) is 19.0. The Balaban J connectivity index is 1.49. The van der Waals surface area contributed by atoms with Gasteiger partial charge in [0, 0.05) is 36.4 Å². The van der Waals surface area contributed by atoms with Crippen LogP contribution in [0.1, 0.15) is 30.9 Å². The van der Waals surface area contributed by atoms with Gasteiger partial charge >= 0.3 is 6.09 Å². The van der Waals surface area contributed by atoms with Crippen molar-refractivity contribution in [3.05, 3.63) is 23.3 Å². The van der Waals surface area contributed by atoms with Gasteiger partial charge in [-0.3, -0.25) is 0 Å². The van der Waals surface area contributed by atoms with E-state index in [1.165, 1.54) is 4.90 Å². The summed E-state index contributed by atoms with van der Waals surface area (Å²) in [5, 5.41) is 0. The van der Waals surface area contributed by atoms with E-state index in [1.807, 2.05) is 12.1 Å². The number of nitrogens with two attached hydrogens (primary N) is 1. The standard InChI is InChI=1S/C22H36N2O5S/c1-22(2)11-15-9-18(23)17(10-19(15)29-22)16-13-27-20(28-14-16)12-24(3)21(25)26-7-8-30(4,5)6/h9-10,16,20H,7-8,11-14,23H2,1-6H3. The van der Waals surface area contributed by atoms with E-state index < -0.39 is 16.3 Å². The van der Waals surface area contributed by atoms with Crippen LogP contribution in [0.2, 0.25) is 0 Å². The number of hydrogen-bond acceptors (Lipinski definition) is 6. The van der Waals surface area contributed by atoms with Crippen LogP contribution >= 0.6 is 10.0 Å². The first-order valence-electron chi connectivity index (χ1n) is 10.3. The van der Waals surface area contributed by atoms with E-state index in [9.17, 15) is 4.79 Å². The minimum atomic E-state index is -0.683. The number of hydrogen-bond donors (Lipinski definition) is 1. The Labute approximate surface area is 181 Å². The normalized spacial score (nSPS) is 23.4. The van der Waals surface area contributed by atoms with Gasteiger partial charge in [-0.15, -0.1) is 0 Å². The molecule has 2 aliphatic rings. The molecule has 0 atom stereocenters. The highest BCUT2D eigenvalue weighted by molar-refractivity contribution is 8.32. The third-order valence-electron chi connectivity index (χ3n) is 5.33. The van der Waals surface area contributed by atoms with E-state index in [2.05, 4.69) is 32.6 Å². The third kappa shape index (κ3) is 5.95. The molecule has 2 heterocycles. The highest BCUT2D eigenvalue weighted by Gasteiger charge is 2.33. The maximum absolute atomic E-state index is 12.2. The van der Waals surface area contributed by atoms with Crippen molar-refractivity contribution in [2.75, 3.05) is 63.7 Å². The molecule has 8 heteroatoms. The molecule has 0 aromatic heterocycles. The second-order valence-electron chi connectivity index (χ2n) is 9.71. The van der Waals surface area contributed by atoms with Gasteiger partial charge in [-0.05, 0) is 50.3 Å². The number of rotatable bonds is 6. The molecule has 2 aliphatic heterocycles. The van der Waals surface area contributed by atoms with Crippen LogP contribution < -0.4 is 10.5 Å². The zero-order chi connectivity index (χ0) is 22.1. The fraction of sp³-hybridized carbons (Fsp3) is 0.682. The number of ether oxygens (including phenoxy) is 4. The molecule has 0 aliphatic carbocycles. The maximum Gasteiger partial charge on any atom is 0.409 e. The Kier molecular flexibility index (Phi) is 6.79. The van der Waals surface area contributed by atoms with Crippen molar-refractivity contribution in [3.8, 4) is 5.75 Å². The number of amides is 1. The maximum atomic E-state index is 12.2. The van der Waals surface area contributed by atoms with Gasteiger partial charge in [-0.2, -0.15) is 0 Å². The Bertz CT molecular complexity index is 770. The smallest absolute Gasteiger partial charge is 0.409 e. The Morgan fingerprint density at radius 1 is 1.27 bits per heavy atom. The van der Waals surface area contributed by atoms with E-state index in [4.69, 9.17) is 24.7 Å². The Morgan fingerprint density at radius 3 is 2.57 bits per heavy atom. The van der Waals surface area contributed by atoms with E-state index in [0.29, 0.717) is 26.4 Å². The molecule has 30 heavy (non-hydrogen) atoms. The molecule has 2 N–H and O–H groups in total. The summed E-state index contributed by atoms with van der Waals surface area (Å²) in [5.74, 6) is 1.82. The molecule has 170 valence electrons. The summed E-state index contributed by atoms with van der Waals surface area (Å²) in [4.78, 5) is 13.7. The second-order valence-corrected chi connectivity index (χ2v) is 14.3. The van der Waals surface area contributed by atoms with E-state index in [1.54, 1.807) is 7.05 Å². The van der Waals surface area contributed by atoms with Gasteiger partial charge in [0.15, 0.2) is 6.29 Å². The lowest BCUT2D eigenvalue weighted by molar-refractivity contribution is -0.191. The van der Waals surface area contributed by atoms with Crippen molar-refractivity contribution >= 4 is 21.8 Å². The first kappa shape index (κ1) is 23.0. The molecule has 0 bridgehead atoms. The summed E-state index contributed by atoms with van der Waals surface area (Å²) < 4.78 is 23.1. The molecular weight excluding hydrogens is 404 g/mol. The summed E-state index contributed by atoms with van der Waals surface area (Å²) in [6.45, 7) is 5.87. The van der Waals surface area contributed by atoms with E-state index in [0.717, 1.165) is 34.7 Å². The first-order chi connectivity index (χ1) is 13.9. The Morgan fingerprint density at radius 2 is 1.93 bits per heavy atom. The van der Waals surface area contributed by atoms with Gasteiger partial charge in [-0.1, -0.05) is 0 Å². The number of carbonyl (C=O) groups is 1. The quantitative estimate of drug-likeness (QED) is 0.684. The second kappa shape index (κ2) is 8.85. The van der Waals surface area contributed by atoms with Gasteiger partial charge in [-0.25, -0.2) is 14.8 Å². The van der Waals surface area contributed by atoms with Crippen LogP contribution in [-0.4, -0.2) is 80.8 Å². The molecule has 1 aromatic carbocycles. The Hall–Kier alpha value is -1.64. The van der Waals surface area contributed by atoms with Crippen LogP contribution in [0.5, 0.6) is 5.75 Å². The highest BCUT2D eigenvalue weighted by Crippen LogP contribution is 2.40. The van der Waals surface area contributed by atoms with Crippen LogP contribution in [0.4, 0.5) is 10.5 Å². The van der Waals surface area contributed by atoms with Gasteiger partial charge in [0.25, 0.3) is 0 Å². The van der Waals surface area contributed by atoms with Crippen molar-refractivity contribution in [1.82, 2.24) is 4.90 Å². The lowest BCUT2D eigenvalue weighted by Crippen LogP contribution is -2.41. The fourth-order valence-corrected chi connectivity index (χ4v) is 4.24. The van der Waals surface area contributed by atoms with Crippen molar-refractivity contribution in [2.45, 2.75) is 38.1 Å². The van der Waals surface area contributed by atoms with Crippen molar-refractivity contribution < 1.29 is 23.7 Å².